The third-order valence-electron chi connectivity index (χ3n) is 3.50. The molecule has 1 aliphatic rings. The molecule has 0 aromatic heterocycles. The minimum Gasteiger partial charge on any atom is -0.480 e. The highest BCUT2D eigenvalue weighted by atomic mass is 16.4. The lowest BCUT2D eigenvalue weighted by molar-refractivity contribution is -0.140. The second kappa shape index (κ2) is 6.40. The fourth-order valence-corrected chi connectivity index (χ4v) is 1.84. The van der Waals surface area contributed by atoms with Gasteiger partial charge in [0, 0.05) is 20.1 Å². The number of carboxylic acid groups (broad SMARTS) is 1. The van der Waals surface area contributed by atoms with Gasteiger partial charge >= 0.3 is 12.0 Å². The zero-order chi connectivity index (χ0) is 14.6. The summed E-state index contributed by atoms with van der Waals surface area (Å²) in [5.41, 5.74) is 0. The first kappa shape index (κ1) is 15.3. The van der Waals surface area contributed by atoms with Gasteiger partial charge < -0.3 is 20.2 Å². The van der Waals surface area contributed by atoms with E-state index >= 15 is 0 Å². The van der Waals surface area contributed by atoms with Crippen LogP contribution in [0.5, 0.6) is 0 Å². The molecule has 0 unspecified atom stereocenters. The second-order valence-corrected chi connectivity index (χ2v) is 4.89. The molecule has 1 saturated heterocycles. The van der Waals surface area contributed by atoms with Crippen LogP contribution in [-0.4, -0.2) is 65.5 Å². The van der Waals surface area contributed by atoms with E-state index in [4.69, 9.17) is 5.11 Å². The number of carbonyl (C=O) groups is 3. The van der Waals surface area contributed by atoms with E-state index < -0.39 is 18.0 Å². The summed E-state index contributed by atoms with van der Waals surface area (Å²) in [6.45, 7) is 4.52. The van der Waals surface area contributed by atoms with Gasteiger partial charge in [0.25, 0.3) is 0 Å². The van der Waals surface area contributed by atoms with Crippen LogP contribution in [0, 0.1) is 5.92 Å². The lowest BCUT2D eigenvalue weighted by atomic mass is 9.99. The molecule has 0 spiro atoms. The van der Waals surface area contributed by atoms with Crippen molar-refractivity contribution >= 4 is 17.9 Å². The maximum atomic E-state index is 12.0. The molecule has 1 rings (SSSR count). The Balaban J connectivity index is 2.62. The normalized spacial score (nSPS) is 19.0. The third-order valence-corrected chi connectivity index (χ3v) is 3.50. The molecule has 0 radical (unpaired) electrons. The lowest BCUT2D eigenvalue weighted by Gasteiger charge is -2.33. The maximum absolute atomic E-state index is 12.0. The predicted molar refractivity (Wildman–Crippen MR) is 68.6 cm³/mol. The van der Waals surface area contributed by atoms with Gasteiger partial charge in [-0.3, -0.25) is 4.79 Å². The molecular formula is C12H21N3O4. The summed E-state index contributed by atoms with van der Waals surface area (Å²) in [7, 11) is 1.68. The van der Waals surface area contributed by atoms with Crippen LogP contribution < -0.4 is 5.32 Å². The lowest BCUT2D eigenvalue weighted by Crippen LogP contribution is -2.56. The first-order chi connectivity index (χ1) is 8.86. The van der Waals surface area contributed by atoms with Gasteiger partial charge in [-0.1, -0.05) is 20.3 Å². The summed E-state index contributed by atoms with van der Waals surface area (Å²) >= 11 is 0. The molecule has 0 saturated carbocycles. The Labute approximate surface area is 112 Å². The SMILES string of the molecule is CC[C@H](C)[C@H](NC(=O)N1CCN(C)C(=O)C1)C(=O)O. The average Bonchev–Trinajstić information content (AvgIpc) is 2.37. The van der Waals surface area contributed by atoms with E-state index in [0.29, 0.717) is 19.5 Å². The number of piperazine rings is 1. The number of nitrogens with zero attached hydrogens (tertiary/aromatic N) is 2. The molecular weight excluding hydrogens is 250 g/mol. The summed E-state index contributed by atoms with van der Waals surface area (Å²) in [5.74, 6) is -1.36. The van der Waals surface area contributed by atoms with Gasteiger partial charge in [0.05, 0.1) is 0 Å². The molecule has 1 heterocycles. The van der Waals surface area contributed by atoms with Gasteiger partial charge in [-0.15, -0.1) is 0 Å². The number of carboxylic acids is 1. The van der Waals surface area contributed by atoms with Crippen LogP contribution in [0.15, 0.2) is 0 Å². The van der Waals surface area contributed by atoms with Gasteiger partial charge in [-0.25, -0.2) is 9.59 Å². The second-order valence-electron chi connectivity index (χ2n) is 4.89. The summed E-state index contributed by atoms with van der Waals surface area (Å²) in [6.07, 6.45) is 0.652. The van der Waals surface area contributed by atoms with E-state index in [2.05, 4.69) is 5.32 Å². The van der Waals surface area contributed by atoms with E-state index in [1.54, 1.807) is 18.9 Å². The molecule has 3 amide bonds. The molecule has 2 N–H and O–H groups in total. The Bertz CT molecular complexity index is 372. The molecule has 7 nitrogen and oxygen atoms in total. The molecule has 108 valence electrons. The number of amides is 3. The minimum atomic E-state index is -1.05. The highest BCUT2D eigenvalue weighted by Crippen LogP contribution is 2.09. The zero-order valence-corrected chi connectivity index (χ0v) is 11.5. The molecule has 0 aliphatic carbocycles. The number of hydrogen-bond acceptors (Lipinski definition) is 3. The predicted octanol–water partition coefficient (Wildman–Crippen LogP) is -0.0307. The van der Waals surface area contributed by atoms with E-state index in [1.165, 1.54) is 4.90 Å². The van der Waals surface area contributed by atoms with E-state index in [1.807, 2.05) is 6.92 Å². The first-order valence-electron chi connectivity index (χ1n) is 6.39. The van der Waals surface area contributed by atoms with Crippen molar-refractivity contribution in [1.82, 2.24) is 15.1 Å². The van der Waals surface area contributed by atoms with Crippen LogP contribution in [0.2, 0.25) is 0 Å². The molecule has 0 aromatic rings. The third kappa shape index (κ3) is 3.84. The number of urea groups is 1. The number of nitrogens with one attached hydrogen (secondary N) is 1. The Morgan fingerprint density at radius 3 is 2.53 bits per heavy atom. The number of aliphatic carboxylic acids is 1. The first-order valence-corrected chi connectivity index (χ1v) is 6.39. The van der Waals surface area contributed by atoms with Crippen molar-refractivity contribution < 1.29 is 19.5 Å². The number of rotatable bonds is 4. The van der Waals surface area contributed by atoms with Crippen LogP contribution in [0.3, 0.4) is 0 Å². The van der Waals surface area contributed by atoms with Gasteiger partial charge in [0.2, 0.25) is 5.91 Å². The number of carbonyl (C=O) groups excluding carboxylic acids is 2. The van der Waals surface area contributed by atoms with Crippen LogP contribution in [0.1, 0.15) is 20.3 Å². The van der Waals surface area contributed by atoms with Crippen molar-refractivity contribution in [2.75, 3.05) is 26.7 Å². The Morgan fingerprint density at radius 2 is 2.05 bits per heavy atom. The van der Waals surface area contributed by atoms with E-state index in [9.17, 15) is 14.4 Å². The van der Waals surface area contributed by atoms with E-state index in [0.717, 1.165) is 0 Å². The van der Waals surface area contributed by atoms with Crippen molar-refractivity contribution in [3.8, 4) is 0 Å². The molecule has 19 heavy (non-hydrogen) atoms. The summed E-state index contributed by atoms with van der Waals surface area (Å²) < 4.78 is 0. The highest BCUT2D eigenvalue weighted by molar-refractivity contribution is 5.87. The highest BCUT2D eigenvalue weighted by Gasteiger charge is 2.30. The fourth-order valence-electron chi connectivity index (χ4n) is 1.84. The zero-order valence-electron chi connectivity index (χ0n) is 11.5. The van der Waals surface area contributed by atoms with Crippen molar-refractivity contribution in [2.45, 2.75) is 26.3 Å². The van der Waals surface area contributed by atoms with Gasteiger partial charge in [-0.2, -0.15) is 0 Å². The van der Waals surface area contributed by atoms with Gasteiger partial charge in [0.1, 0.15) is 12.6 Å². The molecule has 1 fully saturated rings. The molecule has 0 bridgehead atoms. The van der Waals surface area contributed by atoms with Crippen LogP contribution >= 0.6 is 0 Å². The Morgan fingerprint density at radius 1 is 1.42 bits per heavy atom. The van der Waals surface area contributed by atoms with Gasteiger partial charge in [-0.05, 0) is 5.92 Å². The standard InChI is InChI=1S/C12H21N3O4/c1-4-8(2)10(11(17)18)13-12(19)15-6-5-14(3)9(16)7-15/h8,10H,4-7H2,1-3H3,(H,13,19)(H,17,18)/t8-,10-/m0/s1. The van der Waals surface area contributed by atoms with Crippen LogP contribution in [0.4, 0.5) is 4.79 Å². The average molecular weight is 271 g/mol. The molecule has 1 aliphatic heterocycles. The summed E-state index contributed by atoms with van der Waals surface area (Å²) in [6, 6.07) is -1.42. The summed E-state index contributed by atoms with van der Waals surface area (Å²) in [5, 5.41) is 11.6. The topological polar surface area (TPSA) is 90.0 Å². The van der Waals surface area contributed by atoms with Crippen molar-refractivity contribution in [3.05, 3.63) is 0 Å². The van der Waals surface area contributed by atoms with Crippen LogP contribution in [-0.2, 0) is 9.59 Å². The summed E-state index contributed by atoms with van der Waals surface area (Å²) in [4.78, 5) is 37.5. The van der Waals surface area contributed by atoms with Crippen molar-refractivity contribution in [2.24, 2.45) is 5.92 Å². The van der Waals surface area contributed by atoms with Crippen molar-refractivity contribution in [1.29, 1.82) is 0 Å². The number of likely N-dealkylation sites (N-methyl/N-ethyl adjacent to an activating group) is 1. The molecule has 0 aromatic carbocycles. The largest absolute Gasteiger partial charge is 0.480 e. The van der Waals surface area contributed by atoms with Gasteiger partial charge in [0.15, 0.2) is 0 Å². The minimum absolute atomic E-state index is 0.00478. The number of hydrogen-bond donors (Lipinski definition) is 2. The Hall–Kier alpha value is -1.79. The van der Waals surface area contributed by atoms with Crippen LogP contribution in [0.25, 0.3) is 0 Å². The van der Waals surface area contributed by atoms with Crippen molar-refractivity contribution in [3.63, 3.8) is 0 Å². The maximum Gasteiger partial charge on any atom is 0.326 e. The fraction of sp³-hybridized carbons (Fsp3) is 0.750. The quantitative estimate of drug-likeness (QED) is 0.751. The Kier molecular flexibility index (Phi) is 5.14. The monoisotopic (exact) mass is 271 g/mol. The smallest absolute Gasteiger partial charge is 0.326 e. The molecule has 7 heteroatoms. The molecule has 2 atom stereocenters. The van der Waals surface area contributed by atoms with E-state index in [-0.39, 0.29) is 18.4 Å².